The molecular formula is C30H33N7O4S. The van der Waals surface area contributed by atoms with Crippen LogP contribution in [0.3, 0.4) is 0 Å². The van der Waals surface area contributed by atoms with E-state index >= 15 is 0 Å². The van der Waals surface area contributed by atoms with Crippen LogP contribution in [-0.4, -0.2) is 77.7 Å². The first-order valence-corrected chi connectivity index (χ1v) is 14.7. The van der Waals surface area contributed by atoms with Crippen LogP contribution in [0.15, 0.2) is 72.4 Å². The summed E-state index contributed by atoms with van der Waals surface area (Å²) in [6, 6.07) is 14.8. The maximum atomic E-state index is 9.55. The van der Waals surface area contributed by atoms with Crippen LogP contribution in [0.4, 0.5) is 5.95 Å². The first-order chi connectivity index (χ1) is 20.4. The standard InChI is InChI=1S/C26H29N7S.C4H4O4/c1-2-6-24-22(5-1)29-25(33(24)18-20-4-3-15-34-20)16-19-8-12-32(13-9-19)14-11-28-26-30-21-7-10-27-17-23(21)31-26;5-3(6)1-2-4(7)8/h1-7,10,15,17,19H,8-9,11-14,16,18H2,(H2,28,30,31);1-2H,(H,5,6)(H,7,8)/b;2-1+. The van der Waals surface area contributed by atoms with E-state index in [1.165, 1.54) is 29.1 Å². The van der Waals surface area contributed by atoms with Crippen LogP contribution in [0.25, 0.3) is 22.1 Å². The summed E-state index contributed by atoms with van der Waals surface area (Å²) in [7, 11) is 0. The zero-order valence-electron chi connectivity index (χ0n) is 23.0. The van der Waals surface area contributed by atoms with Crippen molar-refractivity contribution in [1.29, 1.82) is 0 Å². The third-order valence-electron chi connectivity index (χ3n) is 7.18. The zero-order chi connectivity index (χ0) is 29.3. The molecule has 0 spiro atoms. The number of rotatable bonds is 10. The van der Waals surface area contributed by atoms with Crippen molar-refractivity contribution in [3.8, 4) is 0 Å². The van der Waals surface area contributed by atoms with Crippen molar-refractivity contribution in [1.82, 2.24) is 29.4 Å². The Balaban J connectivity index is 0.000000390. The summed E-state index contributed by atoms with van der Waals surface area (Å²) in [5.74, 6) is 0.224. The molecule has 218 valence electrons. The maximum absolute atomic E-state index is 9.55. The molecule has 4 aromatic heterocycles. The SMILES string of the molecule is O=C(O)/C=C/C(=O)O.c1csc(Cn2c(CC3CCN(CCNc4nc5ccncc5[nH]4)CC3)nc3ccccc32)c1. The van der Waals surface area contributed by atoms with E-state index in [1.807, 2.05) is 23.6 Å². The number of piperidine rings is 1. The number of fused-ring (bicyclic) bond motifs is 2. The van der Waals surface area contributed by atoms with E-state index in [0.717, 1.165) is 61.6 Å². The molecule has 0 amide bonds. The number of hydrogen-bond acceptors (Lipinski definition) is 8. The van der Waals surface area contributed by atoms with E-state index in [-0.39, 0.29) is 0 Å². The highest BCUT2D eigenvalue weighted by Crippen LogP contribution is 2.26. The molecule has 0 saturated carbocycles. The van der Waals surface area contributed by atoms with Crippen molar-refractivity contribution >= 4 is 51.3 Å². The summed E-state index contributed by atoms with van der Waals surface area (Å²) in [6.07, 6.45) is 8.20. The number of para-hydroxylation sites is 2. The minimum absolute atomic E-state index is 0.558. The van der Waals surface area contributed by atoms with Gasteiger partial charge in [0.25, 0.3) is 0 Å². The van der Waals surface area contributed by atoms with E-state index in [9.17, 15) is 9.59 Å². The number of carbonyl (C=O) groups is 2. The van der Waals surface area contributed by atoms with E-state index in [1.54, 1.807) is 6.20 Å². The molecule has 6 rings (SSSR count). The minimum Gasteiger partial charge on any atom is -0.478 e. The van der Waals surface area contributed by atoms with Gasteiger partial charge in [-0.05, 0) is 61.5 Å². The predicted octanol–water partition coefficient (Wildman–Crippen LogP) is 4.50. The number of hydrogen-bond donors (Lipinski definition) is 4. The monoisotopic (exact) mass is 587 g/mol. The number of aromatic amines is 1. The summed E-state index contributed by atoms with van der Waals surface area (Å²) in [5.41, 5.74) is 4.27. The highest BCUT2D eigenvalue weighted by molar-refractivity contribution is 7.09. The van der Waals surface area contributed by atoms with Gasteiger partial charge in [0.2, 0.25) is 5.95 Å². The first kappa shape index (κ1) is 29.0. The fourth-order valence-electron chi connectivity index (χ4n) is 5.10. The summed E-state index contributed by atoms with van der Waals surface area (Å²) in [4.78, 5) is 40.1. The van der Waals surface area contributed by atoms with Crippen molar-refractivity contribution in [2.24, 2.45) is 5.92 Å². The molecule has 1 aromatic carbocycles. The summed E-state index contributed by atoms with van der Waals surface area (Å²) in [6.45, 7) is 5.10. The van der Waals surface area contributed by atoms with E-state index < -0.39 is 11.9 Å². The van der Waals surface area contributed by atoms with Crippen LogP contribution in [0, 0.1) is 5.92 Å². The van der Waals surface area contributed by atoms with Gasteiger partial charge in [-0.2, -0.15) is 0 Å². The van der Waals surface area contributed by atoms with Crippen LogP contribution < -0.4 is 5.32 Å². The number of H-pyrrole nitrogens is 1. The largest absolute Gasteiger partial charge is 0.478 e. The first-order valence-electron chi connectivity index (χ1n) is 13.8. The summed E-state index contributed by atoms with van der Waals surface area (Å²) in [5, 5.41) is 21.2. The van der Waals surface area contributed by atoms with Crippen molar-refractivity contribution in [3.63, 3.8) is 0 Å². The number of nitrogens with one attached hydrogen (secondary N) is 2. The van der Waals surface area contributed by atoms with Crippen molar-refractivity contribution in [3.05, 3.63) is 83.1 Å². The van der Waals surface area contributed by atoms with Gasteiger partial charge < -0.3 is 30.0 Å². The lowest BCUT2D eigenvalue weighted by molar-refractivity contribution is -0.134. The molecule has 1 aliphatic rings. The predicted molar refractivity (Wildman–Crippen MR) is 163 cm³/mol. The van der Waals surface area contributed by atoms with Gasteiger partial charge in [0, 0.05) is 42.7 Å². The fraction of sp³-hybridized carbons (Fsp3) is 0.300. The summed E-state index contributed by atoms with van der Waals surface area (Å²) < 4.78 is 2.43. The quantitative estimate of drug-likeness (QED) is 0.173. The Bertz CT molecular complexity index is 1600. The Morgan fingerprint density at radius 3 is 2.52 bits per heavy atom. The van der Waals surface area contributed by atoms with Crippen molar-refractivity contribution in [2.45, 2.75) is 25.8 Å². The second-order valence-corrected chi connectivity index (χ2v) is 11.1. The van der Waals surface area contributed by atoms with Crippen molar-refractivity contribution < 1.29 is 19.8 Å². The van der Waals surface area contributed by atoms with Gasteiger partial charge in [-0.15, -0.1) is 11.3 Å². The number of imidazole rings is 2. The number of nitrogens with zero attached hydrogens (tertiary/aromatic N) is 5. The van der Waals surface area contributed by atoms with Gasteiger partial charge >= 0.3 is 11.9 Å². The third-order valence-corrected chi connectivity index (χ3v) is 8.04. The molecular weight excluding hydrogens is 554 g/mol. The molecule has 1 fully saturated rings. The average Bonchev–Trinajstić information content (AvgIpc) is 3.73. The number of thiophene rings is 1. The van der Waals surface area contributed by atoms with Crippen LogP contribution >= 0.6 is 11.3 Å². The Labute approximate surface area is 246 Å². The number of benzene rings is 1. The molecule has 1 aliphatic heterocycles. The molecule has 4 N–H and O–H groups in total. The number of anilines is 1. The maximum Gasteiger partial charge on any atom is 0.328 e. The van der Waals surface area contributed by atoms with Crippen LogP contribution in [0.1, 0.15) is 23.5 Å². The normalized spacial score (nSPS) is 14.3. The number of aromatic nitrogens is 5. The smallest absolute Gasteiger partial charge is 0.328 e. The molecule has 0 radical (unpaired) electrons. The second-order valence-electron chi connectivity index (χ2n) is 10.1. The Morgan fingerprint density at radius 1 is 1.02 bits per heavy atom. The molecule has 1 saturated heterocycles. The number of carboxylic acids is 2. The molecule has 0 aliphatic carbocycles. The van der Waals surface area contributed by atoms with E-state index in [0.29, 0.717) is 18.1 Å². The topological polar surface area (TPSA) is 149 Å². The second kappa shape index (κ2) is 13.9. The lowest BCUT2D eigenvalue weighted by Gasteiger charge is -2.31. The lowest BCUT2D eigenvalue weighted by Crippen LogP contribution is -2.37. The lowest BCUT2D eigenvalue weighted by atomic mass is 9.93. The van der Waals surface area contributed by atoms with E-state index in [2.05, 4.69) is 71.5 Å². The molecule has 11 nitrogen and oxygen atoms in total. The van der Waals surface area contributed by atoms with E-state index in [4.69, 9.17) is 15.2 Å². The molecule has 0 unspecified atom stereocenters. The van der Waals surface area contributed by atoms with Gasteiger partial charge in [0.05, 0.1) is 34.8 Å². The number of pyridine rings is 1. The van der Waals surface area contributed by atoms with Crippen LogP contribution in [0.2, 0.25) is 0 Å². The van der Waals surface area contributed by atoms with Crippen LogP contribution in [-0.2, 0) is 22.6 Å². The number of aliphatic carboxylic acids is 2. The van der Waals surface area contributed by atoms with Crippen molar-refractivity contribution in [2.75, 3.05) is 31.5 Å². The molecule has 42 heavy (non-hydrogen) atoms. The molecule has 5 aromatic rings. The molecule has 5 heterocycles. The fourth-order valence-corrected chi connectivity index (χ4v) is 5.80. The Hall–Kier alpha value is -4.55. The molecule has 12 heteroatoms. The van der Waals surface area contributed by atoms with Crippen LogP contribution in [0.5, 0.6) is 0 Å². The van der Waals surface area contributed by atoms with Gasteiger partial charge in [-0.25, -0.2) is 19.6 Å². The highest BCUT2D eigenvalue weighted by atomic mass is 32.1. The molecule has 0 atom stereocenters. The van der Waals surface area contributed by atoms with Gasteiger partial charge in [0.15, 0.2) is 0 Å². The third kappa shape index (κ3) is 7.80. The van der Waals surface area contributed by atoms with Gasteiger partial charge in [-0.1, -0.05) is 18.2 Å². The minimum atomic E-state index is -1.26. The Kier molecular flexibility index (Phi) is 9.57. The number of carboxylic acid groups (broad SMARTS) is 2. The summed E-state index contributed by atoms with van der Waals surface area (Å²) >= 11 is 1.82. The number of likely N-dealkylation sites (tertiary alicyclic amines) is 1. The zero-order valence-corrected chi connectivity index (χ0v) is 23.8. The highest BCUT2D eigenvalue weighted by Gasteiger charge is 2.22. The van der Waals surface area contributed by atoms with Gasteiger partial charge in [0.1, 0.15) is 5.82 Å². The molecule has 0 bridgehead atoms. The van der Waals surface area contributed by atoms with Gasteiger partial charge in [-0.3, -0.25) is 4.98 Å². The Morgan fingerprint density at radius 2 is 1.81 bits per heavy atom. The average molecular weight is 588 g/mol.